The van der Waals surface area contributed by atoms with E-state index >= 15 is 0 Å². The van der Waals surface area contributed by atoms with Crippen LogP contribution in [0, 0.1) is 6.92 Å². The molecule has 0 radical (unpaired) electrons. The maximum absolute atomic E-state index is 13.0. The SMILES string of the molecule is CCNC(=O)N1CCN(C(=O)c2c(C)nn(Cc3ccccc3Cl)c2Cl)CC1. The highest BCUT2D eigenvalue weighted by molar-refractivity contribution is 6.33. The van der Waals surface area contributed by atoms with Crippen molar-refractivity contribution in [2.45, 2.75) is 20.4 Å². The second-order valence-corrected chi connectivity index (χ2v) is 7.38. The van der Waals surface area contributed by atoms with Crippen LogP contribution in [0.3, 0.4) is 0 Å². The summed E-state index contributed by atoms with van der Waals surface area (Å²) in [6, 6.07) is 7.36. The fraction of sp³-hybridized carbons (Fsp3) is 0.421. The van der Waals surface area contributed by atoms with Gasteiger partial charge in [-0.05, 0) is 25.5 Å². The van der Waals surface area contributed by atoms with Gasteiger partial charge in [-0.3, -0.25) is 4.79 Å². The molecular formula is C19H23Cl2N5O2. The zero-order valence-corrected chi connectivity index (χ0v) is 17.4. The Morgan fingerprint density at radius 1 is 1.11 bits per heavy atom. The number of aryl methyl sites for hydroxylation is 1. The molecule has 0 spiro atoms. The van der Waals surface area contributed by atoms with E-state index in [1.807, 2.05) is 25.1 Å². The summed E-state index contributed by atoms with van der Waals surface area (Å²) in [6.45, 7) is 6.51. The molecule has 1 aromatic carbocycles. The van der Waals surface area contributed by atoms with E-state index in [0.29, 0.717) is 60.7 Å². The zero-order valence-electron chi connectivity index (χ0n) is 15.9. The van der Waals surface area contributed by atoms with Gasteiger partial charge in [0.15, 0.2) is 0 Å². The summed E-state index contributed by atoms with van der Waals surface area (Å²) in [7, 11) is 0. The molecule has 1 aliphatic rings. The molecule has 0 atom stereocenters. The number of nitrogens with one attached hydrogen (secondary N) is 1. The number of piperazine rings is 1. The number of hydrogen-bond donors (Lipinski definition) is 1. The van der Waals surface area contributed by atoms with Crippen LogP contribution >= 0.6 is 23.2 Å². The molecule has 0 aliphatic carbocycles. The first-order chi connectivity index (χ1) is 13.4. The number of rotatable bonds is 4. The van der Waals surface area contributed by atoms with Crippen molar-refractivity contribution in [2.24, 2.45) is 0 Å². The molecule has 0 saturated carbocycles. The normalized spacial score (nSPS) is 14.3. The van der Waals surface area contributed by atoms with Crippen LogP contribution in [0.15, 0.2) is 24.3 Å². The highest BCUT2D eigenvalue weighted by Gasteiger charge is 2.29. The first kappa shape index (κ1) is 20.5. The van der Waals surface area contributed by atoms with E-state index < -0.39 is 0 Å². The first-order valence-electron chi connectivity index (χ1n) is 9.20. The number of carbonyl (C=O) groups excluding carboxylic acids is 2. The molecule has 1 saturated heterocycles. The molecule has 1 N–H and O–H groups in total. The fourth-order valence-electron chi connectivity index (χ4n) is 3.22. The average molecular weight is 424 g/mol. The summed E-state index contributed by atoms with van der Waals surface area (Å²) < 4.78 is 1.59. The molecule has 3 rings (SSSR count). The van der Waals surface area contributed by atoms with E-state index in [4.69, 9.17) is 23.2 Å². The molecule has 28 heavy (non-hydrogen) atoms. The molecule has 2 aromatic rings. The third kappa shape index (κ3) is 4.25. The maximum Gasteiger partial charge on any atom is 0.317 e. The van der Waals surface area contributed by atoms with Gasteiger partial charge in [-0.15, -0.1) is 0 Å². The zero-order chi connectivity index (χ0) is 20.3. The van der Waals surface area contributed by atoms with Crippen LogP contribution in [0.2, 0.25) is 10.2 Å². The van der Waals surface area contributed by atoms with Gasteiger partial charge in [0.25, 0.3) is 5.91 Å². The van der Waals surface area contributed by atoms with Crippen molar-refractivity contribution in [3.8, 4) is 0 Å². The Labute approximate surface area is 174 Å². The summed E-state index contributed by atoms with van der Waals surface area (Å²) >= 11 is 12.7. The molecule has 150 valence electrons. The third-order valence-electron chi connectivity index (χ3n) is 4.74. The van der Waals surface area contributed by atoms with E-state index in [9.17, 15) is 9.59 Å². The number of halogens is 2. The number of benzene rings is 1. The van der Waals surface area contributed by atoms with Gasteiger partial charge in [-0.25, -0.2) is 9.48 Å². The molecule has 0 bridgehead atoms. The van der Waals surface area contributed by atoms with Gasteiger partial charge in [0.1, 0.15) is 5.15 Å². The molecule has 7 nitrogen and oxygen atoms in total. The second kappa shape index (κ2) is 8.84. The highest BCUT2D eigenvalue weighted by atomic mass is 35.5. The van der Waals surface area contributed by atoms with E-state index in [0.717, 1.165) is 5.56 Å². The molecule has 0 unspecified atom stereocenters. The van der Waals surface area contributed by atoms with Crippen molar-refractivity contribution in [3.63, 3.8) is 0 Å². The van der Waals surface area contributed by atoms with Crippen LogP contribution in [-0.4, -0.2) is 64.2 Å². The Morgan fingerprint density at radius 3 is 2.39 bits per heavy atom. The average Bonchev–Trinajstić information content (AvgIpc) is 2.96. The molecule has 9 heteroatoms. The number of nitrogens with zero attached hydrogens (tertiary/aromatic N) is 4. The first-order valence-corrected chi connectivity index (χ1v) is 9.96. The minimum Gasteiger partial charge on any atom is -0.338 e. The minimum absolute atomic E-state index is 0.101. The Hall–Kier alpha value is -2.25. The Morgan fingerprint density at radius 2 is 1.75 bits per heavy atom. The monoisotopic (exact) mass is 423 g/mol. The molecular weight excluding hydrogens is 401 g/mol. The highest BCUT2D eigenvalue weighted by Crippen LogP contribution is 2.25. The lowest BCUT2D eigenvalue weighted by molar-refractivity contribution is 0.0664. The molecule has 1 aromatic heterocycles. The summed E-state index contributed by atoms with van der Waals surface area (Å²) in [5.41, 5.74) is 1.86. The lowest BCUT2D eigenvalue weighted by Crippen LogP contribution is -2.53. The van der Waals surface area contributed by atoms with Crippen molar-refractivity contribution >= 4 is 35.1 Å². The van der Waals surface area contributed by atoms with Crippen LogP contribution < -0.4 is 5.32 Å². The second-order valence-electron chi connectivity index (χ2n) is 6.62. The Bertz CT molecular complexity index is 875. The quantitative estimate of drug-likeness (QED) is 0.821. The smallest absolute Gasteiger partial charge is 0.317 e. The van der Waals surface area contributed by atoms with Crippen molar-refractivity contribution in [3.05, 3.63) is 51.3 Å². The van der Waals surface area contributed by atoms with Crippen LogP contribution in [-0.2, 0) is 6.54 Å². The lowest BCUT2D eigenvalue weighted by Gasteiger charge is -2.34. The predicted molar refractivity (Wildman–Crippen MR) is 109 cm³/mol. The van der Waals surface area contributed by atoms with E-state index in [1.54, 1.807) is 27.5 Å². The van der Waals surface area contributed by atoms with Crippen LogP contribution in [0.4, 0.5) is 4.79 Å². The summed E-state index contributed by atoms with van der Waals surface area (Å²) in [4.78, 5) is 28.4. The molecule has 3 amide bonds. The van der Waals surface area contributed by atoms with Crippen molar-refractivity contribution in [2.75, 3.05) is 32.7 Å². The van der Waals surface area contributed by atoms with Crippen molar-refractivity contribution < 1.29 is 9.59 Å². The Kier molecular flexibility index (Phi) is 6.46. The van der Waals surface area contributed by atoms with Crippen LogP contribution in [0.5, 0.6) is 0 Å². The summed E-state index contributed by atoms with van der Waals surface area (Å²) in [5.74, 6) is -0.163. The number of hydrogen-bond acceptors (Lipinski definition) is 3. The number of carbonyl (C=O) groups is 2. The topological polar surface area (TPSA) is 70.5 Å². The standard InChI is InChI=1S/C19H23Cl2N5O2/c1-3-22-19(28)25-10-8-24(9-11-25)18(27)16-13(2)23-26(17(16)21)12-14-6-4-5-7-15(14)20/h4-7H,3,8-12H2,1-2H3,(H,22,28). The van der Waals surface area contributed by atoms with Gasteiger partial charge in [0.05, 0.1) is 17.8 Å². The Balaban J connectivity index is 1.72. The fourth-order valence-corrected chi connectivity index (χ4v) is 3.73. The van der Waals surface area contributed by atoms with E-state index in [-0.39, 0.29) is 11.9 Å². The predicted octanol–water partition coefficient (Wildman–Crippen LogP) is 3.03. The van der Waals surface area contributed by atoms with Crippen molar-refractivity contribution in [1.82, 2.24) is 24.9 Å². The maximum atomic E-state index is 13.0. The third-order valence-corrected chi connectivity index (χ3v) is 5.49. The van der Waals surface area contributed by atoms with Gasteiger partial charge in [0, 0.05) is 37.7 Å². The summed E-state index contributed by atoms with van der Waals surface area (Å²) in [6.07, 6.45) is 0. The number of urea groups is 1. The number of aromatic nitrogens is 2. The lowest BCUT2D eigenvalue weighted by atomic mass is 10.2. The molecule has 2 heterocycles. The largest absolute Gasteiger partial charge is 0.338 e. The van der Waals surface area contributed by atoms with Gasteiger partial charge in [0.2, 0.25) is 0 Å². The number of amides is 3. The van der Waals surface area contributed by atoms with Crippen LogP contribution in [0.25, 0.3) is 0 Å². The van der Waals surface area contributed by atoms with Gasteiger partial charge >= 0.3 is 6.03 Å². The molecule has 1 fully saturated rings. The van der Waals surface area contributed by atoms with Gasteiger partial charge in [-0.1, -0.05) is 41.4 Å². The minimum atomic E-state index is -0.163. The van der Waals surface area contributed by atoms with E-state index in [1.165, 1.54) is 0 Å². The van der Waals surface area contributed by atoms with Gasteiger partial charge in [-0.2, -0.15) is 5.10 Å². The summed E-state index contributed by atoms with van der Waals surface area (Å²) in [5, 5.41) is 8.14. The van der Waals surface area contributed by atoms with Crippen LogP contribution in [0.1, 0.15) is 28.5 Å². The van der Waals surface area contributed by atoms with Gasteiger partial charge < -0.3 is 15.1 Å². The van der Waals surface area contributed by atoms with E-state index in [2.05, 4.69) is 10.4 Å². The molecule has 1 aliphatic heterocycles. The van der Waals surface area contributed by atoms with Crippen molar-refractivity contribution in [1.29, 1.82) is 0 Å².